The standard InChI is InChI=1S/C53H104NO8P/c1-6-8-10-12-14-16-18-20-22-24-25-26-27-28-29-30-32-33-35-37-39-41-43-45-52(55)59-49-51(50-61-63(57,58)60-48-47-54(3,4)5)62-53(56)46-44-42-40-38-36-34-31-23-21-19-17-15-13-11-9-7-2/h23,31,51H,6-22,24-30,32-50H2,1-5H3/b31-23-. The van der Waals surface area contributed by atoms with Crippen LogP contribution >= 0.6 is 7.82 Å². The highest BCUT2D eigenvalue weighted by atomic mass is 31.2. The lowest BCUT2D eigenvalue weighted by atomic mass is 10.0. The maximum Gasteiger partial charge on any atom is 0.306 e. The predicted octanol–water partition coefficient (Wildman–Crippen LogP) is 15.5. The molecule has 0 spiro atoms. The third kappa shape index (κ3) is 50.0. The minimum Gasteiger partial charge on any atom is -0.756 e. The van der Waals surface area contributed by atoms with Crippen molar-refractivity contribution in [3.8, 4) is 0 Å². The Balaban J connectivity index is 4.15. The fourth-order valence-corrected chi connectivity index (χ4v) is 8.56. The summed E-state index contributed by atoms with van der Waals surface area (Å²) < 4.78 is 34.1. The van der Waals surface area contributed by atoms with Crippen molar-refractivity contribution in [3.63, 3.8) is 0 Å². The number of phosphoric acid groups is 1. The van der Waals surface area contributed by atoms with Gasteiger partial charge >= 0.3 is 11.9 Å². The molecule has 374 valence electrons. The average molecular weight is 914 g/mol. The Morgan fingerprint density at radius 3 is 1.17 bits per heavy atom. The monoisotopic (exact) mass is 914 g/mol. The molecule has 0 fully saturated rings. The van der Waals surface area contributed by atoms with Crippen LogP contribution in [0.3, 0.4) is 0 Å². The summed E-state index contributed by atoms with van der Waals surface area (Å²) in [5.41, 5.74) is 0. The number of hydrogen-bond donors (Lipinski definition) is 0. The molecule has 0 saturated heterocycles. The van der Waals surface area contributed by atoms with Crippen molar-refractivity contribution in [1.82, 2.24) is 0 Å². The minimum atomic E-state index is -4.63. The van der Waals surface area contributed by atoms with E-state index in [9.17, 15) is 19.0 Å². The third-order valence-electron chi connectivity index (χ3n) is 12.0. The first-order chi connectivity index (χ1) is 30.5. The second kappa shape index (κ2) is 45.9. The molecule has 0 aliphatic heterocycles. The minimum absolute atomic E-state index is 0.0289. The Morgan fingerprint density at radius 1 is 0.476 bits per heavy atom. The van der Waals surface area contributed by atoms with E-state index in [1.165, 1.54) is 180 Å². The molecule has 9 nitrogen and oxygen atoms in total. The van der Waals surface area contributed by atoms with Gasteiger partial charge in [-0.25, -0.2) is 0 Å². The number of carbonyl (C=O) groups is 2. The average Bonchev–Trinajstić information content (AvgIpc) is 3.24. The van der Waals surface area contributed by atoms with Crippen molar-refractivity contribution < 1.29 is 42.1 Å². The van der Waals surface area contributed by atoms with Crippen LogP contribution in [-0.4, -0.2) is 70.0 Å². The van der Waals surface area contributed by atoms with E-state index in [0.717, 1.165) is 51.4 Å². The quantitative estimate of drug-likeness (QED) is 0.0195. The van der Waals surface area contributed by atoms with Gasteiger partial charge in [-0.2, -0.15) is 0 Å². The van der Waals surface area contributed by atoms with Gasteiger partial charge < -0.3 is 27.9 Å². The first-order valence-electron chi connectivity index (χ1n) is 26.9. The number of nitrogens with zero attached hydrogens (tertiary/aromatic N) is 1. The maximum absolute atomic E-state index is 12.7. The number of quaternary nitrogens is 1. The molecule has 0 rings (SSSR count). The summed E-state index contributed by atoms with van der Waals surface area (Å²) in [4.78, 5) is 37.7. The summed E-state index contributed by atoms with van der Waals surface area (Å²) in [5, 5.41) is 0. The molecule has 63 heavy (non-hydrogen) atoms. The normalized spacial score (nSPS) is 13.4. The van der Waals surface area contributed by atoms with E-state index in [4.69, 9.17) is 18.5 Å². The van der Waals surface area contributed by atoms with E-state index in [1.807, 2.05) is 21.1 Å². The summed E-state index contributed by atoms with van der Waals surface area (Å²) in [6, 6.07) is 0. The van der Waals surface area contributed by atoms with Crippen LogP contribution in [0.15, 0.2) is 12.2 Å². The zero-order valence-electron chi connectivity index (χ0n) is 42.3. The molecule has 2 unspecified atom stereocenters. The first-order valence-corrected chi connectivity index (χ1v) is 28.4. The van der Waals surface area contributed by atoms with Crippen molar-refractivity contribution in [2.24, 2.45) is 0 Å². The predicted molar refractivity (Wildman–Crippen MR) is 264 cm³/mol. The van der Waals surface area contributed by atoms with Gasteiger partial charge in [-0.3, -0.25) is 14.2 Å². The molecule has 0 aliphatic carbocycles. The highest BCUT2D eigenvalue weighted by Crippen LogP contribution is 2.38. The van der Waals surface area contributed by atoms with Gasteiger partial charge in [0.1, 0.15) is 19.8 Å². The Labute approximate surface area is 390 Å². The number of unbranched alkanes of at least 4 members (excludes halogenated alkanes) is 34. The molecule has 0 aliphatic rings. The van der Waals surface area contributed by atoms with E-state index in [-0.39, 0.29) is 32.0 Å². The molecule has 0 amide bonds. The zero-order valence-corrected chi connectivity index (χ0v) is 43.2. The van der Waals surface area contributed by atoms with Crippen LogP contribution in [0.4, 0.5) is 0 Å². The molecule has 0 aromatic rings. The molecule has 10 heteroatoms. The van der Waals surface area contributed by atoms with Gasteiger partial charge in [0.25, 0.3) is 7.82 Å². The number of likely N-dealkylation sites (N-methyl/N-ethyl adjacent to an activating group) is 1. The van der Waals surface area contributed by atoms with E-state index in [0.29, 0.717) is 17.4 Å². The maximum atomic E-state index is 12.7. The lowest BCUT2D eigenvalue weighted by Crippen LogP contribution is -2.37. The van der Waals surface area contributed by atoms with Gasteiger partial charge in [-0.05, 0) is 38.5 Å². The Morgan fingerprint density at radius 2 is 0.810 bits per heavy atom. The first kappa shape index (κ1) is 61.8. The fourth-order valence-electron chi connectivity index (χ4n) is 7.83. The van der Waals surface area contributed by atoms with Crippen LogP contribution < -0.4 is 4.89 Å². The molecule has 0 heterocycles. The Hall–Kier alpha value is -1.25. The van der Waals surface area contributed by atoms with Crippen LogP contribution in [0.5, 0.6) is 0 Å². The summed E-state index contributed by atoms with van der Waals surface area (Å²) in [6.45, 7) is 4.27. The van der Waals surface area contributed by atoms with Crippen molar-refractivity contribution in [2.45, 2.75) is 270 Å². The molecule has 0 N–H and O–H groups in total. The van der Waals surface area contributed by atoms with Crippen molar-refractivity contribution in [2.75, 3.05) is 47.5 Å². The molecule has 0 radical (unpaired) electrons. The van der Waals surface area contributed by atoms with Crippen LogP contribution in [-0.2, 0) is 32.7 Å². The molecule has 0 aromatic heterocycles. The van der Waals surface area contributed by atoms with E-state index in [1.54, 1.807) is 0 Å². The van der Waals surface area contributed by atoms with Gasteiger partial charge in [0, 0.05) is 12.8 Å². The van der Waals surface area contributed by atoms with Crippen molar-refractivity contribution in [1.29, 1.82) is 0 Å². The van der Waals surface area contributed by atoms with Gasteiger partial charge in [-0.15, -0.1) is 0 Å². The number of rotatable bonds is 50. The second-order valence-electron chi connectivity index (χ2n) is 19.6. The van der Waals surface area contributed by atoms with Gasteiger partial charge in [0.15, 0.2) is 6.10 Å². The highest BCUT2D eigenvalue weighted by molar-refractivity contribution is 7.45. The van der Waals surface area contributed by atoms with E-state index >= 15 is 0 Å². The highest BCUT2D eigenvalue weighted by Gasteiger charge is 2.21. The van der Waals surface area contributed by atoms with Crippen LogP contribution in [0.25, 0.3) is 0 Å². The van der Waals surface area contributed by atoms with E-state index < -0.39 is 26.5 Å². The molecule has 0 bridgehead atoms. The summed E-state index contributed by atoms with van der Waals surface area (Å²) in [7, 11) is 1.18. The largest absolute Gasteiger partial charge is 0.756 e. The molecular formula is C53H104NO8P. The molecule has 2 atom stereocenters. The number of ether oxygens (including phenoxy) is 2. The number of allylic oxidation sites excluding steroid dienone is 2. The van der Waals surface area contributed by atoms with Gasteiger partial charge in [0.2, 0.25) is 0 Å². The SMILES string of the molecule is CCCCCCCCC/C=C\CCCCCCCC(=O)OC(COC(=O)CCCCCCCCCCCCCCCCCCCCCCCCC)COP(=O)([O-])OCC[N+](C)(C)C. The lowest BCUT2D eigenvalue weighted by Gasteiger charge is -2.28. The van der Waals surface area contributed by atoms with Gasteiger partial charge in [-0.1, -0.05) is 225 Å². The molecule has 0 aromatic carbocycles. The summed E-state index contributed by atoms with van der Waals surface area (Å²) in [5.74, 6) is -0.828. The van der Waals surface area contributed by atoms with E-state index in [2.05, 4.69) is 26.0 Å². The summed E-state index contributed by atoms with van der Waals surface area (Å²) in [6.07, 6.45) is 51.1. The number of carbonyl (C=O) groups excluding carboxylic acids is 2. The fraction of sp³-hybridized carbons (Fsp3) is 0.925. The number of esters is 2. The number of phosphoric ester groups is 1. The van der Waals surface area contributed by atoms with Crippen LogP contribution in [0, 0.1) is 0 Å². The lowest BCUT2D eigenvalue weighted by molar-refractivity contribution is -0.870. The zero-order chi connectivity index (χ0) is 46.4. The third-order valence-corrected chi connectivity index (χ3v) is 13.0. The Kier molecular flexibility index (Phi) is 45.0. The smallest absolute Gasteiger partial charge is 0.306 e. The van der Waals surface area contributed by atoms with Crippen LogP contribution in [0.1, 0.15) is 264 Å². The second-order valence-corrected chi connectivity index (χ2v) is 21.0. The molecular weight excluding hydrogens is 810 g/mol. The summed E-state index contributed by atoms with van der Waals surface area (Å²) >= 11 is 0. The topological polar surface area (TPSA) is 111 Å². The Bertz CT molecular complexity index is 1080. The van der Waals surface area contributed by atoms with Crippen molar-refractivity contribution in [3.05, 3.63) is 12.2 Å². The number of hydrogen-bond acceptors (Lipinski definition) is 8. The van der Waals surface area contributed by atoms with Crippen LogP contribution in [0.2, 0.25) is 0 Å². The van der Waals surface area contributed by atoms with Gasteiger partial charge in [0.05, 0.1) is 27.7 Å². The molecule has 0 saturated carbocycles. The van der Waals surface area contributed by atoms with Crippen molar-refractivity contribution >= 4 is 19.8 Å².